The molecule has 0 spiro atoms. The van der Waals surface area contributed by atoms with Gasteiger partial charge in [-0.2, -0.15) is 13.2 Å². The lowest BCUT2D eigenvalue weighted by atomic mass is 10.1. The van der Waals surface area contributed by atoms with E-state index in [-0.39, 0.29) is 6.08 Å². The monoisotopic (exact) mass is 164 g/mol. The fourth-order valence-electron chi connectivity index (χ4n) is 0.617. The Labute approximate surface area is 64.4 Å². The highest BCUT2D eigenvalue weighted by atomic mass is 19.4. The highest BCUT2D eigenvalue weighted by molar-refractivity contribution is 5.15. The molecule has 0 saturated heterocycles. The largest absolute Gasteiger partial charge is 0.409 e. The molecule has 0 aromatic heterocycles. The van der Waals surface area contributed by atoms with Crippen LogP contribution in [0.1, 0.15) is 19.8 Å². The van der Waals surface area contributed by atoms with Gasteiger partial charge in [0.05, 0.1) is 0 Å². The van der Waals surface area contributed by atoms with Gasteiger partial charge in [0.15, 0.2) is 0 Å². The zero-order chi connectivity index (χ0) is 8.91. The van der Waals surface area contributed by atoms with Gasteiger partial charge in [-0.15, -0.1) is 0 Å². The second-order valence-corrected chi connectivity index (χ2v) is 2.28. The molecule has 0 aliphatic heterocycles. The number of hydrogen-bond acceptors (Lipinski definition) is 0. The van der Waals surface area contributed by atoms with Crippen LogP contribution in [-0.4, -0.2) is 6.18 Å². The van der Waals surface area contributed by atoms with Gasteiger partial charge >= 0.3 is 6.18 Å². The molecule has 0 heterocycles. The molecule has 3 heteroatoms. The van der Waals surface area contributed by atoms with Crippen LogP contribution in [0.25, 0.3) is 0 Å². The summed E-state index contributed by atoms with van der Waals surface area (Å²) in [5.41, 5.74) is 0.518. The summed E-state index contributed by atoms with van der Waals surface area (Å²) >= 11 is 0. The summed E-state index contributed by atoms with van der Waals surface area (Å²) in [6.07, 6.45) is -1.54. The van der Waals surface area contributed by atoms with Gasteiger partial charge in [0, 0.05) is 6.08 Å². The van der Waals surface area contributed by atoms with Crippen LogP contribution in [0.15, 0.2) is 24.3 Å². The molecule has 0 unspecified atom stereocenters. The molecule has 0 aliphatic carbocycles. The molecule has 0 rings (SSSR count). The topological polar surface area (TPSA) is 0 Å². The molecule has 0 N–H and O–H groups in total. The van der Waals surface area contributed by atoms with Crippen molar-refractivity contribution in [2.75, 3.05) is 0 Å². The van der Waals surface area contributed by atoms with E-state index in [1.165, 1.54) is 0 Å². The minimum Gasteiger partial charge on any atom is -0.167 e. The van der Waals surface area contributed by atoms with Crippen LogP contribution in [0.2, 0.25) is 0 Å². The minimum atomic E-state index is -4.21. The summed E-state index contributed by atoms with van der Waals surface area (Å²) in [4.78, 5) is 0. The van der Waals surface area contributed by atoms with Crippen LogP contribution >= 0.6 is 0 Å². The van der Waals surface area contributed by atoms with E-state index in [2.05, 4.69) is 6.58 Å². The quantitative estimate of drug-likeness (QED) is 0.560. The molecule has 0 amide bonds. The fraction of sp³-hybridized carbons (Fsp3) is 0.500. The van der Waals surface area contributed by atoms with E-state index in [4.69, 9.17) is 0 Å². The van der Waals surface area contributed by atoms with Crippen molar-refractivity contribution in [3.05, 3.63) is 24.3 Å². The summed E-state index contributed by atoms with van der Waals surface area (Å²) in [7, 11) is 0. The van der Waals surface area contributed by atoms with Gasteiger partial charge in [-0.1, -0.05) is 31.6 Å². The molecule has 0 saturated carbocycles. The van der Waals surface area contributed by atoms with Crippen molar-refractivity contribution in [1.29, 1.82) is 0 Å². The average molecular weight is 164 g/mol. The highest BCUT2D eigenvalue weighted by Gasteiger charge is 2.21. The molecular formula is C8H11F3. The molecule has 11 heavy (non-hydrogen) atoms. The first-order valence-corrected chi connectivity index (χ1v) is 3.39. The van der Waals surface area contributed by atoms with Crippen molar-refractivity contribution in [3.8, 4) is 0 Å². The van der Waals surface area contributed by atoms with Crippen molar-refractivity contribution in [1.82, 2.24) is 0 Å². The van der Waals surface area contributed by atoms with Gasteiger partial charge in [-0.25, -0.2) is 0 Å². The van der Waals surface area contributed by atoms with E-state index in [0.29, 0.717) is 12.0 Å². The fourth-order valence-corrected chi connectivity index (χ4v) is 0.617. The Bertz CT molecular complexity index is 153. The normalized spacial score (nSPS) is 12.4. The molecule has 0 aromatic rings. The van der Waals surface area contributed by atoms with E-state index in [0.717, 1.165) is 12.5 Å². The third-order valence-corrected chi connectivity index (χ3v) is 1.08. The molecule has 0 atom stereocenters. The number of alkyl halides is 3. The van der Waals surface area contributed by atoms with Crippen LogP contribution in [0.3, 0.4) is 0 Å². The summed E-state index contributed by atoms with van der Waals surface area (Å²) < 4.78 is 34.6. The highest BCUT2D eigenvalue weighted by Crippen LogP contribution is 2.17. The van der Waals surface area contributed by atoms with Crippen LogP contribution in [0, 0.1) is 0 Å². The lowest BCUT2D eigenvalue weighted by Crippen LogP contribution is -2.00. The summed E-state index contributed by atoms with van der Waals surface area (Å²) in [5.74, 6) is 0. The standard InChI is InChI=1S/C8H11F3/c1-3-4-7(2)5-6-8(9,10)11/h5-6H,2-4H2,1H3/b6-5+. The number of halogens is 3. The first-order chi connectivity index (χ1) is 4.95. The molecule has 0 aliphatic rings. The van der Waals surface area contributed by atoms with Gasteiger partial charge in [0.2, 0.25) is 0 Å². The Balaban J connectivity index is 3.83. The Kier molecular flexibility index (Phi) is 3.93. The first-order valence-electron chi connectivity index (χ1n) is 3.39. The van der Waals surface area contributed by atoms with E-state index in [1.807, 2.05) is 6.92 Å². The zero-order valence-electron chi connectivity index (χ0n) is 6.41. The maximum absolute atomic E-state index is 11.5. The third-order valence-electron chi connectivity index (χ3n) is 1.08. The van der Waals surface area contributed by atoms with E-state index in [1.54, 1.807) is 0 Å². The van der Waals surface area contributed by atoms with Gasteiger partial charge in [0.25, 0.3) is 0 Å². The number of allylic oxidation sites excluding steroid dienone is 3. The van der Waals surface area contributed by atoms with Crippen molar-refractivity contribution in [2.45, 2.75) is 25.9 Å². The zero-order valence-corrected chi connectivity index (χ0v) is 6.41. The molecule has 0 fully saturated rings. The first kappa shape index (κ1) is 10.3. The number of hydrogen-bond donors (Lipinski definition) is 0. The Hall–Kier alpha value is -0.730. The smallest absolute Gasteiger partial charge is 0.167 e. The Morgan fingerprint density at radius 2 is 2.00 bits per heavy atom. The van der Waals surface area contributed by atoms with E-state index >= 15 is 0 Å². The van der Waals surface area contributed by atoms with E-state index in [9.17, 15) is 13.2 Å². The third kappa shape index (κ3) is 7.16. The maximum Gasteiger partial charge on any atom is 0.409 e. The Morgan fingerprint density at radius 1 is 1.45 bits per heavy atom. The second-order valence-electron chi connectivity index (χ2n) is 2.28. The van der Waals surface area contributed by atoms with Gasteiger partial charge in [0.1, 0.15) is 0 Å². The number of rotatable bonds is 3. The molecule has 0 nitrogen and oxygen atoms in total. The molecule has 0 bridgehead atoms. The molecular weight excluding hydrogens is 153 g/mol. The van der Waals surface area contributed by atoms with Crippen LogP contribution in [0.5, 0.6) is 0 Å². The maximum atomic E-state index is 11.5. The van der Waals surface area contributed by atoms with Crippen molar-refractivity contribution < 1.29 is 13.2 Å². The predicted octanol–water partition coefficient (Wildman–Crippen LogP) is 3.46. The molecule has 0 radical (unpaired) electrons. The SMILES string of the molecule is C=C(/C=C/C(F)(F)F)CCC. The summed E-state index contributed by atoms with van der Waals surface area (Å²) in [6, 6.07) is 0. The van der Waals surface area contributed by atoms with Crippen molar-refractivity contribution in [2.24, 2.45) is 0 Å². The molecule has 0 aromatic carbocycles. The minimum absolute atomic E-state index is 0.213. The van der Waals surface area contributed by atoms with Crippen LogP contribution < -0.4 is 0 Å². The van der Waals surface area contributed by atoms with Gasteiger partial charge in [-0.05, 0) is 6.42 Å². The van der Waals surface area contributed by atoms with Crippen LogP contribution in [0.4, 0.5) is 13.2 Å². The lowest BCUT2D eigenvalue weighted by molar-refractivity contribution is -0.0798. The van der Waals surface area contributed by atoms with Crippen LogP contribution in [-0.2, 0) is 0 Å². The van der Waals surface area contributed by atoms with Gasteiger partial charge < -0.3 is 0 Å². The van der Waals surface area contributed by atoms with Crippen molar-refractivity contribution in [3.63, 3.8) is 0 Å². The van der Waals surface area contributed by atoms with E-state index < -0.39 is 6.18 Å². The molecule has 64 valence electrons. The Morgan fingerprint density at radius 3 is 2.36 bits per heavy atom. The van der Waals surface area contributed by atoms with Crippen molar-refractivity contribution >= 4 is 0 Å². The van der Waals surface area contributed by atoms with Gasteiger partial charge in [-0.3, -0.25) is 0 Å². The predicted molar refractivity (Wildman–Crippen MR) is 39.2 cm³/mol. The second kappa shape index (κ2) is 4.21. The summed E-state index contributed by atoms with van der Waals surface area (Å²) in [6.45, 7) is 5.36. The summed E-state index contributed by atoms with van der Waals surface area (Å²) in [5, 5.41) is 0. The lowest BCUT2D eigenvalue weighted by Gasteiger charge is -1.98. The average Bonchev–Trinajstić information content (AvgIpc) is 1.83.